The summed E-state index contributed by atoms with van der Waals surface area (Å²) in [6.07, 6.45) is 1.06. The van der Waals surface area contributed by atoms with Gasteiger partial charge in [-0.05, 0) is 44.0 Å². The first kappa shape index (κ1) is 7.93. The third-order valence-electron chi connectivity index (χ3n) is 2.17. The van der Waals surface area contributed by atoms with Gasteiger partial charge in [-0.3, -0.25) is 0 Å². The van der Waals surface area contributed by atoms with Crippen molar-refractivity contribution >= 4 is 17.3 Å². The van der Waals surface area contributed by atoms with Crippen molar-refractivity contribution in [1.82, 2.24) is 0 Å². The molecule has 0 fully saturated rings. The van der Waals surface area contributed by atoms with E-state index in [4.69, 9.17) is 11.6 Å². The molecule has 1 heterocycles. The Morgan fingerprint density at radius 3 is 2.92 bits per heavy atom. The van der Waals surface area contributed by atoms with Crippen LogP contribution >= 0.6 is 11.6 Å². The fourth-order valence-corrected chi connectivity index (χ4v) is 1.91. The molecule has 0 aliphatic carbocycles. The van der Waals surface area contributed by atoms with E-state index in [1.165, 1.54) is 11.3 Å². The fraction of sp³-hybridized carbons (Fsp3) is 0.400. The standard InChI is InChI=1S/C10H12ClN/c1-10(2)6-7-5-8(11)3-4-9(7)12-10/h3-5,12H,6H2,1-2H3. The van der Waals surface area contributed by atoms with E-state index in [9.17, 15) is 0 Å². The van der Waals surface area contributed by atoms with Crippen LogP contribution in [0.25, 0.3) is 0 Å². The van der Waals surface area contributed by atoms with Crippen molar-refractivity contribution in [2.24, 2.45) is 0 Å². The van der Waals surface area contributed by atoms with Crippen molar-refractivity contribution in [1.29, 1.82) is 0 Å². The maximum atomic E-state index is 5.89. The number of hydrogen-bond acceptors (Lipinski definition) is 1. The Bertz CT molecular complexity index is 318. The molecule has 2 rings (SSSR count). The highest BCUT2D eigenvalue weighted by Gasteiger charge is 2.26. The van der Waals surface area contributed by atoms with Crippen LogP contribution < -0.4 is 5.32 Å². The van der Waals surface area contributed by atoms with E-state index in [-0.39, 0.29) is 5.54 Å². The minimum Gasteiger partial charge on any atom is -0.380 e. The summed E-state index contributed by atoms with van der Waals surface area (Å²) < 4.78 is 0. The first-order valence-electron chi connectivity index (χ1n) is 4.13. The molecule has 64 valence electrons. The van der Waals surface area contributed by atoms with E-state index in [1.54, 1.807) is 0 Å². The third kappa shape index (κ3) is 1.29. The molecule has 0 amide bonds. The summed E-state index contributed by atoms with van der Waals surface area (Å²) in [5.74, 6) is 0. The minimum atomic E-state index is 0.188. The van der Waals surface area contributed by atoms with Crippen LogP contribution in [0.1, 0.15) is 19.4 Å². The summed E-state index contributed by atoms with van der Waals surface area (Å²) in [5.41, 5.74) is 2.74. The lowest BCUT2D eigenvalue weighted by molar-refractivity contribution is 0.594. The summed E-state index contributed by atoms with van der Waals surface area (Å²) in [6, 6.07) is 6.01. The number of nitrogens with one attached hydrogen (secondary N) is 1. The monoisotopic (exact) mass is 181 g/mol. The van der Waals surface area contributed by atoms with Crippen molar-refractivity contribution in [3.8, 4) is 0 Å². The minimum absolute atomic E-state index is 0.188. The van der Waals surface area contributed by atoms with E-state index in [1.807, 2.05) is 18.2 Å². The highest BCUT2D eigenvalue weighted by Crippen LogP contribution is 2.33. The molecule has 1 nitrogen and oxygen atoms in total. The largest absolute Gasteiger partial charge is 0.380 e. The van der Waals surface area contributed by atoms with Crippen LogP contribution in [0.15, 0.2) is 18.2 Å². The summed E-state index contributed by atoms with van der Waals surface area (Å²) in [5, 5.41) is 4.27. The zero-order valence-electron chi connectivity index (χ0n) is 7.32. The molecule has 0 unspecified atom stereocenters. The summed E-state index contributed by atoms with van der Waals surface area (Å²) in [4.78, 5) is 0. The fourth-order valence-electron chi connectivity index (χ4n) is 1.72. The van der Waals surface area contributed by atoms with Crippen molar-refractivity contribution < 1.29 is 0 Å². The molecule has 12 heavy (non-hydrogen) atoms. The van der Waals surface area contributed by atoms with Crippen molar-refractivity contribution in [3.63, 3.8) is 0 Å². The molecule has 0 radical (unpaired) electrons. The van der Waals surface area contributed by atoms with E-state index < -0.39 is 0 Å². The van der Waals surface area contributed by atoms with Crippen LogP contribution in [-0.4, -0.2) is 5.54 Å². The van der Waals surface area contributed by atoms with Gasteiger partial charge in [-0.2, -0.15) is 0 Å². The Balaban J connectivity index is 2.43. The molecule has 2 heteroatoms. The molecular formula is C10H12ClN. The second-order valence-electron chi connectivity index (χ2n) is 3.99. The lowest BCUT2D eigenvalue weighted by Gasteiger charge is -2.17. The van der Waals surface area contributed by atoms with Gasteiger partial charge >= 0.3 is 0 Å². The quantitative estimate of drug-likeness (QED) is 0.649. The summed E-state index contributed by atoms with van der Waals surface area (Å²) in [7, 11) is 0. The van der Waals surface area contributed by atoms with Gasteiger partial charge < -0.3 is 5.32 Å². The average Bonchev–Trinajstić information content (AvgIpc) is 2.21. The second-order valence-corrected chi connectivity index (χ2v) is 4.42. The van der Waals surface area contributed by atoms with Gasteiger partial charge in [0, 0.05) is 16.2 Å². The van der Waals surface area contributed by atoms with Gasteiger partial charge in [0.05, 0.1) is 0 Å². The molecule has 0 bridgehead atoms. The van der Waals surface area contributed by atoms with Crippen molar-refractivity contribution in [3.05, 3.63) is 28.8 Å². The number of halogens is 1. The normalized spacial score (nSPS) is 18.6. The average molecular weight is 182 g/mol. The van der Waals surface area contributed by atoms with E-state index in [2.05, 4.69) is 19.2 Å². The summed E-state index contributed by atoms with van der Waals surface area (Å²) >= 11 is 5.89. The van der Waals surface area contributed by atoms with E-state index in [0.29, 0.717) is 0 Å². The first-order valence-corrected chi connectivity index (χ1v) is 4.51. The van der Waals surface area contributed by atoms with Gasteiger partial charge in [-0.15, -0.1) is 0 Å². The molecule has 1 aromatic rings. The van der Waals surface area contributed by atoms with Gasteiger partial charge in [0.25, 0.3) is 0 Å². The van der Waals surface area contributed by atoms with E-state index in [0.717, 1.165) is 11.4 Å². The number of benzene rings is 1. The van der Waals surface area contributed by atoms with Crippen LogP contribution in [0.2, 0.25) is 5.02 Å². The van der Waals surface area contributed by atoms with Crippen LogP contribution in [-0.2, 0) is 6.42 Å². The second kappa shape index (κ2) is 2.40. The van der Waals surface area contributed by atoms with Crippen LogP contribution in [0, 0.1) is 0 Å². The zero-order chi connectivity index (χ0) is 8.77. The molecule has 0 saturated heterocycles. The van der Waals surface area contributed by atoms with Gasteiger partial charge in [-0.1, -0.05) is 11.6 Å². The molecular weight excluding hydrogens is 170 g/mol. The molecule has 0 spiro atoms. The first-order chi connectivity index (χ1) is 5.57. The Morgan fingerprint density at radius 1 is 1.42 bits per heavy atom. The molecule has 1 aliphatic heterocycles. The maximum Gasteiger partial charge on any atom is 0.0410 e. The van der Waals surface area contributed by atoms with Crippen LogP contribution in [0.3, 0.4) is 0 Å². The molecule has 1 N–H and O–H groups in total. The number of fused-ring (bicyclic) bond motifs is 1. The third-order valence-corrected chi connectivity index (χ3v) is 2.41. The lowest BCUT2D eigenvalue weighted by Crippen LogP contribution is -2.26. The number of rotatable bonds is 0. The van der Waals surface area contributed by atoms with Crippen LogP contribution in [0.4, 0.5) is 5.69 Å². The SMILES string of the molecule is CC1(C)Cc2cc(Cl)ccc2N1. The molecule has 0 saturated carbocycles. The van der Waals surface area contributed by atoms with Crippen LogP contribution in [0.5, 0.6) is 0 Å². The Morgan fingerprint density at radius 2 is 2.17 bits per heavy atom. The molecule has 0 aromatic heterocycles. The maximum absolute atomic E-state index is 5.89. The van der Waals surface area contributed by atoms with Gasteiger partial charge in [0.1, 0.15) is 0 Å². The van der Waals surface area contributed by atoms with Gasteiger partial charge in [-0.25, -0.2) is 0 Å². The predicted octanol–water partition coefficient (Wildman–Crippen LogP) is 3.09. The number of anilines is 1. The zero-order valence-corrected chi connectivity index (χ0v) is 8.07. The van der Waals surface area contributed by atoms with Crippen molar-refractivity contribution in [2.75, 3.05) is 5.32 Å². The highest BCUT2D eigenvalue weighted by molar-refractivity contribution is 6.30. The Hall–Kier alpha value is -0.690. The molecule has 1 aliphatic rings. The Labute approximate surface area is 77.7 Å². The van der Waals surface area contributed by atoms with Gasteiger partial charge in [0.2, 0.25) is 0 Å². The Kier molecular flexibility index (Phi) is 1.58. The smallest absolute Gasteiger partial charge is 0.0410 e. The summed E-state index contributed by atoms with van der Waals surface area (Å²) in [6.45, 7) is 4.39. The number of hydrogen-bond donors (Lipinski definition) is 1. The lowest BCUT2D eigenvalue weighted by atomic mass is 10.0. The highest BCUT2D eigenvalue weighted by atomic mass is 35.5. The predicted molar refractivity (Wildman–Crippen MR) is 52.9 cm³/mol. The topological polar surface area (TPSA) is 12.0 Å². The van der Waals surface area contributed by atoms with E-state index >= 15 is 0 Å². The van der Waals surface area contributed by atoms with Gasteiger partial charge in [0.15, 0.2) is 0 Å². The molecule has 1 aromatic carbocycles. The molecule has 0 atom stereocenters. The van der Waals surface area contributed by atoms with Crippen molar-refractivity contribution in [2.45, 2.75) is 25.8 Å².